The van der Waals surface area contributed by atoms with Gasteiger partial charge >= 0.3 is 6.09 Å². The van der Waals surface area contributed by atoms with Gasteiger partial charge in [0.05, 0.1) is 28.0 Å². The highest BCUT2D eigenvalue weighted by atomic mass is 35.5. The largest absolute Gasteiger partial charge is 0.442 e. The minimum absolute atomic E-state index is 0.0860. The molecular formula is C20H21ClFN3O4S. The van der Waals surface area contributed by atoms with E-state index in [1.165, 1.54) is 15.9 Å². The summed E-state index contributed by atoms with van der Waals surface area (Å²) in [5.41, 5.74) is 0.604. The Hall–Kier alpha value is -2.65. The van der Waals surface area contributed by atoms with Crippen LogP contribution in [0.4, 0.5) is 9.18 Å². The van der Waals surface area contributed by atoms with E-state index in [1.54, 1.807) is 25.1 Å². The average molecular weight is 454 g/mol. The Morgan fingerprint density at radius 2 is 2.17 bits per heavy atom. The molecule has 0 saturated carbocycles. The van der Waals surface area contributed by atoms with Crippen LogP contribution in [-0.2, 0) is 9.53 Å². The summed E-state index contributed by atoms with van der Waals surface area (Å²) in [6.07, 6.45) is 2.92. The maximum atomic E-state index is 13.8. The summed E-state index contributed by atoms with van der Waals surface area (Å²) in [6, 6.07) is 3.26. The van der Waals surface area contributed by atoms with Crippen molar-refractivity contribution >= 4 is 40.8 Å². The molecule has 30 heavy (non-hydrogen) atoms. The van der Waals surface area contributed by atoms with Gasteiger partial charge < -0.3 is 15.0 Å². The molecule has 0 unspecified atom stereocenters. The first kappa shape index (κ1) is 22.0. The number of hydrogen-bond donors (Lipinski definition) is 1. The molecule has 0 spiro atoms. The van der Waals surface area contributed by atoms with Gasteiger partial charge in [-0.1, -0.05) is 18.2 Å². The molecule has 2 aliphatic rings. The first-order chi connectivity index (χ1) is 14.3. The Kier molecular flexibility index (Phi) is 6.94. The second-order valence-electron chi connectivity index (χ2n) is 6.84. The molecule has 3 rings (SSSR count). The molecule has 3 amide bonds. The predicted molar refractivity (Wildman–Crippen MR) is 112 cm³/mol. The van der Waals surface area contributed by atoms with Crippen LogP contribution in [0.15, 0.2) is 48.1 Å². The van der Waals surface area contributed by atoms with E-state index >= 15 is 0 Å². The first-order valence-corrected chi connectivity index (χ1v) is 10.5. The Morgan fingerprint density at radius 3 is 2.77 bits per heavy atom. The van der Waals surface area contributed by atoms with Crippen molar-refractivity contribution in [1.29, 1.82) is 0 Å². The minimum Gasteiger partial charge on any atom is -0.442 e. The monoisotopic (exact) mass is 453 g/mol. The normalized spacial score (nSPS) is 20.0. The lowest BCUT2D eigenvalue weighted by Gasteiger charge is -2.18. The first-order valence-electron chi connectivity index (χ1n) is 9.31. The quantitative estimate of drug-likeness (QED) is 0.636. The second kappa shape index (κ2) is 9.44. The molecule has 1 aromatic heterocycles. The Labute approximate surface area is 182 Å². The molecular weight excluding hydrogens is 433 g/mol. The van der Waals surface area contributed by atoms with Gasteiger partial charge in [0.25, 0.3) is 5.91 Å². The number of carbonyl (C=O) groups is 3. The molecule has 10 heteroatoms. The number of cyclic esters (lactones) is 1. The van der Waals surface area contributed by atoms with Crippen molar-refractivity contribution in [2.75, 3.05) is 19.6 Å². The van der Waals surface area contributed by atoms with E-state index in [2.05, 4.69) is 11.9 Å². The van der Waals surface area contributed by atoms with Gasteiger partial charge in [-0.05, 0) is 37.6 Å². The van der Waals surface area contributed by atoms with Crippen LogP contribution in [0.5, 0.6) is 0 Å². The predicted octanol–water partition coefficient (Wildman–Crippen LogP) is 3.85. The molecule has 0 bridgehead atoms. The molecule has 0 radical (unpaired) electrons. The summed E-state index contributed by atoms with van der Waals surface area (Å²) in [6.45, 7) is 5.78. The summed E-state index contributed by atoms with van der Waals surface area (Å²) in [4.78, 5) is 39.4. The number of nitrogens with one attached hydrogen (secondary N) is 1. The summed E-state index contributed by atoms with van der Waals surface area (Å²) in [7, 11) is 0. The zero-order chi connectivity index (χ0) is 21.8. The van der Waals surface area contributed by atoms with Crippen LogP contribution in [0.3, 0.4) is 0 Å². The van der Waals surface area contributed by atoms with Crippen LogP contribution in [0.2, 0.25) is 4.34 Å². The van der Waals surface area contributed by atoms with Crippen molar-refractivity contribution in [1.82, 2.24) is 15.1 Å². The highest BCUT2D eigenvalue weighted by Crippen LogP contribution is 2.24. The molecule has 160 valence electrons. The molecule has 2 aliphatic heterocycles. The third-order valence-corrected chi connectivity index (χ3v) is 5.94. The van der Waals surface area contributed by atoms with E-state index in [-0.39, 0.29) is 30.6 Å². The van der Waals surface area contributed by atoms with Crippen molar-refractivity contribution in [2.24, 2.45) is 0 Å². The zero-order valence-electron chi connectivity index (χ0n) is 16.3. The number of hydrogen-bond acceptors (Lipinski definition) is 5. The van der Waals surface area contributed by atoms with E-state index < -0.39 is 18.0 Å². The van der Waals surface area contributed by atoms with Crippen molar-refractivity contribution in [3.05, 3.63) is 57.3 Å². The lowest BCUT2D eigenvalue weighted by molar-refractivity contribution is -0.126. The van der Waals surface area contributed by atoms with Crippen LogP contribution in [0.25, 0.3) is 0 Å². The minimum atomic E-state index is -0.715. The molecule has 1 atom stereocenters. The van der Waals surface area contributed by atoms with Gasteiger partial charge in [0, 0.05) is 18.7 Å². The summed E-state index contributed by atoms with van der Waals surface area (Å²) in [5, 5.41) is 2.71. The molecule has 2 saturated heterocycles. The molecule has 1 N–H and O–H groups in total. The van der Waals surface area contributed by atoms with Crippen LogP contribution >= 0.6 is 22.9 Å². The Bertz CT molecular complexity index is 942. The van der Waals surface area contributed by atoms with Crippen LogP contribution in [0.1, 0.15) is 29.4 Å². The van der Waals surface area contributed by atoms with Gasteiger partial charge in [-0.3, -0.25) is 14.5 Å². The molecule has 1 aromatic rings. The number of rotatable bonds is 7. The number of carbonyl (C=O) groups excluding carboxylic acids is 3. The fourth-order valence-electron chi connectivity index (χ4n) is 3.17. The standard InChI is InChI=1S/C20H21ClFN3O4S/c1-12(5-6-15(13(2)22)24-9-3-4-18(24)26)25-11-14(29-20(25)28)10-23-19(27)16-7-8-17(21)30-16/h5-8,14H,2-4,9-11H2,1H3,(H,23,27)/b12-5+,15-6+/t14-/m0/s1. The summed E-state index contributed by atoms with van der Waals surface area (Å²) < 4.78 is 19.6. The van der Waals surface area contributed by atoms with E-state index in [9.17, 15) is 18.8 Å². The van der Waals surface area contributed by atoms with Crippen LogP contribution in [-0.4, -0.2) is 53.4 Å². The number of amides is 3. The molecule has 0 aromatic carbocycles. The highest BCUT2D eigenvalue weighted by molar-refractivity contribution is 7.17. The van der Waals surface area contributed by atoms with Gasteiger partial charge in [-0.25, -0.2) is 9.18 Å². The van der Waals surface area contributed by atoms with Gasteiger partial charge in [0.2, 0.25) is 5.91 Å². The molecule has 3 heterocycles. The fourth-order valence-corrected chi connectivity index (χ4v) is 4.12. The van der Waals surface area contributed by atoms with E-state index in [0.29, 0.717) is 34.3 Å². The third kappa shape index (κ3) is 5.09. The topological polar surface area (TPSA) is 79.0 Å². The Morgan fingerprint density at radius 1 is 1.40 bits per heavy atom. The number of nitrogens with zero attached hydrogens (tertiary/aromatic N) is 2. The van der Waals surface area contributed by atoms with Crippen molar-refractivity contribution in [2.45, 2.75) is 25.9 Å². The second-order valence-corrected chi connectivity index (χ2v) is 8.56. The number of halogens is 2. The SMILES string of the molecule is C=C(F)/C(=C\C=C(/C)N1C[C@H](CNC(=O)c2ccc(Cl)s2)OC1=O)N1CCCC1=O. The lowest BCUT2D eigenvalue weighted by atomic mass is 10.2. The van der Waals surface area contributed by atoms with Crippen LogP contribution in [0, 0.1) is 0 Å². The maximum Gasteiger partial charge on any atom is 0.414 e. The number of thiophene rings is 1. The fraction of sp³-hybridized carbons (Fsp3) is 0.350. The van der Waals surface area contributed by atoms with Crippen molar-refractivity contribution in [3.8, 4) is 0 Å². The van der Waals surface area contributed by atoms with E-state index in [0.717, 1.165) is 11.3 Å². The zero-order valence-corrected chi connectivity index (χ0v) is 17.9. The van der Waals surface area contributed by atoms with Gasteiger partial charge in [0.1, 0.15) is 11.9 Å². The number of likely N-dealkylation sites (tertiary alicyclic amines) is 1. The number of ether oxygens (including phenoxy) is 1. The van der Waals surface area contributed by atoms with E-state index in [4.69, 9.17) is 16.3 Å². The van der Waals surface area contributed by atoms with Crippen molar-refractivity contribution in [3.63, 3.8) is 0 Å². The smallest absolute Gasteiger partial charge is 0.414 e. The van der Waals surface area contributed by atoms with Gasteiger partial charge in [-0.15, -0.1) is 11.3 Å². The van der Waals surface area contributed by atoms with Gasteiger partial charge in [0.15, 0.2) is 0 Å². The lowest BCUT2D eigenvalue weighted by Crippen LogP contribution is -2.34. The molecule has 2 fully saturated rings. The average Bonchev–Trinajstić information content (AvgIpc) is 3.40. The van der Waals surface area contributed by atoms with E-state index in [1.807, 2.05) is 0 Å². The third-order valence-electron chi connectivity index (χ3n) is 4.71. The highest BCUT2D eigenvalue weighted by Gasteiger charge is 2.32. The maximum absolute atomic E-state index is 13.8. The van der Waals surface area contributed by atoms with Gasteiger partial charge in [-0.2, -0.15) is 0 Å². The molecule has 7 nitrogen and oxygen atoms in total. The van der Waals surface area contributed by atoms with Crippen molar-refractivity contribution < 1.29 is 23.5 Å². The molecule has 0 aliphatic carbocycles. The van der Waals surface area contributed by atoms with Crippen LogP contribution < -0.4 is 5.32 Å². The Balaban J connectivity index is 1.61. The summed E-state index contributed by atoms with van der Waals surface area (Å²) in [5.74, 6) is -1.17. The number of allylic oxidation sites excluding steroid dienone is 4. The summed E-state index contributed by atoms with van der Waals surface area (Å²) >= 11 is 6.99.